The lowest BCUT2D eigenvalue weighted by atomic mass is 9.98. The van der Waals surface area contributed by atoms with Gasteiger partial charge in [-0.1, -0.05) is 6.92 Å². The Hall–Kier alpha value is -2.15. The van der Waals surface area contributed by atoms with Crippen molar-refractivity contribution in [3.63, 3.8) is 0 Å². The first kappa shape index (κ1) is 17.7. The van der Waals surface area contributed by atoms with E-state index in [1.807, 2.05) is 4.90 Å². The molecule has 0 radical (unpaired) electrons. The van der Waals surface area contributed by atoms with Crippen molar-refractivity contribution >= 4 is 17.3 Å². The number of nitrogens with zero attached hydrogens (tertiary/aromatic N) is 2. The number of benzene rings is 1. The molecular weight excluding hydrogens is 322 g/mol. The van der Waals surface area contributed by atoms with E-state index < -0.39 is 4.92 Å². The van der Waals surface area contributed by atoms with Crippen LogP contribution in [0.1, 0.15) is 43.0 Å². The number of rotatable bonds is 5. The zero-order valence-electron chi connectivity index (χ0n) is 14.6. The van der Waals surface area contributed by atoms with E-state index in [4.69, 9.17) is 4.74 Å². The van der Waals surface area contributed by atoms with Crippen LogP contribution in [0.2, 0.25) is 0 Å². The Labute approximate surface area is 147 Å². The molecule has 7 heteroatoms. The Balaban J connectivity index is 1.71. The van der Waals surface area contributed by atoms with Crippen LogP contribution in [0, 0.1) is 16.0 Å². The van der Waals surface area contributed by atoms with Gasteiger partial charge in [0.05, 0.1) is 11.0 Å². The molecule has 2 heterocycles. The van der Waals surface area contributed by atoms with E-state index in [2.05, 4.69) is 12.2 Å². The molecule has 1 aromatic rings. The second-order valence-corrected chi connectivity index (χ2v) is 6.98. The lowest BCUT2D eigenvalue weighted by Gasteiger charge is -2.31. The van der Waals surface area contributed by atoms with E-state index in [0.717, 1.165) is 45.4 Å². The van der Waals surface area contributed by atoms with E-state index in [0.29, 0.717) is 23.7 Å². The first-order chi connectivity index (χ1) is 12.0. The molecule has 1 N–H and O–H groups in total. The number of carbonyl (C=O) groups is 1. The number of ether oxygens (including phenoxy) is 1. The van der Waals surface area contributed by atoms with Gasteiger partial charge in [-0.05, 0) is 43.7 Å². The van der Waals surface area contributed by atoms with Crippen LogP contribution in [-0.2, 0) is 4.74 Å². The number of hydrogen-bond donors (Lipinski definition) is 1. The molecule has 1 amide bonds. The summed E-state index contributed by atoms with van der Waals surface area (Å²) in [7, 11) is 0. The monoisotopic (exact) mass is 347 g/mol. The number of anilines is 1. The van der Waals surface area contributed by atoms with E-state index in [1.165, 1.54) is 6.07 Å². The maximum absolute atomic E-state index is 12.3. The van der Waals surface area contributed by atoms with Crippen LogP contribution in [0.3, 0.4) is 0 Å². The highest BCUT2D eigenvalue weighted by molar-refractivity contribution is 5.95. The second-order valence-electron chi connectivity index (χ2n) is 6.98. The highest BCUT2D eigenvalue weighted by atomic mass is 16.6. The number of amides is 1. The summed E-state index contributed by atoms with van der Waals surface area (Å²) in [4.78, 5) is 25.5. The fraction of sp³-hybridized carbons (Fsp3) is 0.611. The zero-order chi connectivity index (χ0) is 17.8. The van der Waals surface area contributed by atoms with Crippen LogP contribution in [0.25, 0.3) is 0 Å². The molecule has 3 rings (SSSR count). The number of piperidine rings is 1. The summed E-state index contributed by atoms with van der Waals surface area (Å²) in [5, 5.41) is 14.3. The number of nitro groups is 1. The predicted octanol–water partition coefficient (Wildman–Crippen LogP) is 2.74. The van der Waals surface area contributed by atoms with Crippen molar-refractivity contribution in [2.75, 3.05) is 31.1 Å². The van der Waals surface area contributed by atoms with Gasteiger partial charge in [-0.25, -0.2) is 0 Å². The Morgan fingerprint density at radius 1 is 1.36 bits per heavy atom. The summed E-state index contributed by atoms with van der Waals surface area (Å²) in [6, 6.07) is 4.76. The third kappa shape index (κ3) is 4.28. The average Bonchev–Trinajstić information content (AvgIpc) is 3.13. The van der Waals surface area contributed by atoms with Crippen LogP contribution in [0.5, 0.6) is 0 Å². The van der Waals surface area contributed by atoms with Gasteiger partial charge in [0.1, 0.15) is 5.69 Å². The standard InChI is InChI=1S/C18H25N3O4/c1-13-6-8-20(9-7-13)16-5-4-14(11-17(16)21(23)24)18(22)19-12-15-3-2-10-25-15/h4-5,11,13,15H,2-3,6-10,12H2,1H3,(H,19,22)/t15-/m0/s1. The minimum absolute atomic E-state index is 0.000630. The Morgan fingerprint density at radius 3 is 2.76 bits per heavy atom. The van der Waals surface area contributed by atoms with Crippen LogP contribution in [-0.4, -0.2) is 43.2 Å². The molecule has 2 aliphatic heterocycles. The largest absolute Gasteiger partial charge is 0.376 e. The van der Waals surface area contributed by atoms with Gasteiger partial charge in [-0.3, -0.25) is 14.9 Å². The smallest absolute Gasteiger partial charge is 0.293 e. The van der Waals surface area contributed by atoms with Crippen LogP contribution >= 0.6 is 0 Å². The fourth-order valence-corrected chi connectivity index (χ4v) is 3.44. The molecule has 0 aromatic heterocycles. The quantitative estimate of drug-likeness (QED) is 0.654. The van der Waals surface area contributed by atoms with Crippen molar-refractivity contribution in [3.8, 4) is 0 Å². The van der Waals surface area contributed by atoms with Gasteiger partial charge in [0, 0.05) is 37.9 Å². The van der Waals surface area contributed by atoms with Gasteiger partial charge < -0.3 is 15.0 Å². The molecule has 136 valence electrons. The van der Waals surface area contributed by atoms with Crippen molar-refractivity contribution in [2.45, 2.75) is 38.7 Å². The highest BCUT2D eigenvalue weighted by Gasteiger charge is 2.25. The molecule has 0 aliphatic carbocycles. The van der Waals surface area contributed by atoms with Crippen LogP contribution in [0.4, 0.5) is 11.4 Å². The molecule has 1 atom stereocenters. The third-order valence-electron chi connectivity index (χ3n) is 5.07. The molecule has 2 aliphatic rings. The summed E-state index contributed by atoms with van der Waals surface area (Å²) >= 11 is 0. The Bertz CT molecular complexity index is 635. The lowest BCUT2D eigenvalue weighted by Crippen LogP contribution is -2.33. The van der Waals surface area contributed by atoms with Crippen LogP contribution in [0.15, 0.2) is 18.2 Å². The molecular formula is C18H25N3O4. The maximum atomic E-state index is 12.3. The second kappa shape index (κ2) is 7.82. The predicted molar refractivity (Wildman–Crippen MR) is 95.0 cm³/mol. The minimum Gasteiger partial charge on any atom is -0.376 e. The summed E-state index contributed by atoms with van der Waals surface area (Å²) in [6.45, 7) is 5.00. The Kier molecular flexibility index (Phi) is 5.53. The molecule has 1 aromatic carbocycles. The molecule has 0 unspecified atom stereocenters. The average molecular weight is 347 g/mol. The first-order valence-electron chi connectivity index (χ1n) is 8.98. The molecule has 0 saturated carbocycles. The summed E-state index contributed by atoms with van der Waals surface area (Å²) in [5.74, 6) is 0.357. The van der Waals surface area contributed by atoms with Crippen molar-refractivity contribution in [1.29, 1.82) is 0 Å². The molecule has 7 nitrogen and oxygen atoms in total. The van der Waals surface area contributed by atoms with Gasteiger partial charge in [0.2, 0.25) is 0 Å². The molecule has 0 spiro atoms. The summed E-state index contributed by atoms with van der Waals surface area (Å²) in [6.07, 6.45) is 4.05. The van der Waals surface area contributed by atoms with Crippen molar-refractivity contribution < 1.29 is 14.5 Å². The van der Waals surface area contributed by atoms with Gasteiger partial charge in [-0.2, -0.15) is 0 Å². The van der Waals surface area contributed by atoms with E-state index in [-0.39, 0.29) is 17.7 Å². The summed E-state index contributed by atoms with van der Waals surface area (Å²) in [5.41, 5.74) is 0.922. The van der Waals surface area contributed by atoms with Crippen molar-refractivity contribution in [3.05, 3.63) is 33.9 Å². The van der Waals surface area contributed by atoms with E-state index >= 15 is 0 Å². The zero-order valence-corrected chi connectivity index (χ0v) is 14.6. The number of carbonyl (C=O) groups excluding carboxylic acids is 1. The Morgan fingerprint density at radius 2 is 2.12 bits per heavy atom. The van der Waals surface area contributed by atoms with Crippen LogP contribution < -0.4 is 10.2 Å². The van der Waals surface area contributed by atoms with Gasteiger partial charge in [0.15, 0.2) is 0 Å². The number of hydrogen-bond acceptors (Lipinski definition) is 5. The number of nitro benzene ring substituents is 1. The fourth-order valence-electron chi connectivity index (χ4n) is 3.44. The van der Waals surface area contributed by atoms with Crippen molar-refractivity contribution in [1.82, 2.24) is 5.32 Å². The molecule has 0 bridgehead atoms. The minimum atomic E-state index is -0.399. The van der Waals surface area contributed by atoms with Gasteiger partial charge in [0.25, 0.3) is 11.6 Å². The van der Waals surface area contributed by atoms with E-state index in [9.17, 15) is 14.9 Å². The number of nitrogens with one attached hydrogen (secondary N) is 1. The highest BCUT2D eigenvalue weighted by Crippen LogP contribution is 2.32. The molecule has 2 saturated heterocycles. The maximum Gasteiger partial charge on any atom is 0.293 e. The first-order valence-corrected chi connectivity index (χ1v) is 8.98. The molecule has 25 heavy (non-hydrogen) atoms. The van der Waals surface area contributed by atoms with Gasteiger partial charge in [-0.15, -0.1) is 0 Å². The van der Waals surface area contributed by atoms with E-state index in [1.54, 1.807) is 12.1 Å². The summed E-state index contributed by atoms with van der Waals surface area (Å²) < 4.78 is 5.48. The lowest BCUT2D eigenvalue weighted by molar-refractivity contribution is -0.384. The normalized spacial score (nSPS) is 21.3. The topological polar surface area (TPSA) is 84.7 Å². The SMILES string of the molecule is CC1CCN(c2ccc(C(=O)NC[C@@H]3CCCO3)cc2[N+](=O)[O-])CC1. The van der Waals surface area contributed by atoms with Crippen molar-refractivity contribution in [2.24, 2.45) is 5.92 Å². The molecule has 2 fully saturated rings. The van der Waals surface area contributed by atoms with Gasteiger partial charge >= 0.3 is 0 Å². The third-order valence-corrected chi connectivity index (χ3v) is 5.07.